The van der Waals surface area contributed by atoms with Crippen LogP contribution in [0.2, 0.25) is 0 Å². The van der Waals surface area contributed by atoms with E-state index in [0.29, 0.717) is 17.1 Å². The van der Waals surface area contributed by atoms with Crippen LogP contribution < -0.4 is 14.8 Å². The zero-order chi connectivity index (χ0) is 20.9. The maximum atomic E-state index is 15.3. The zero-order valence-corrected chi connectivity index (χ0v) is 16.9. The molecule has 1 aliphatic heterocycles. The number of para-hydroxylation sites is 1. The van der Waals surface area contributed by atoms with Crippen molar-refractivity contribution in [1.82, 2.24) is 5.32 Å². The first-order chi connectivity index (χ1) is 14.6. The molecule has 5 heteroatoms. The van der Waals surface area contributed by atoms with Crippen LogP contribution in [0.4, 0.5) is 4.39 Å². The van der Waals surface area contributed by atoms with Crippen molar-refractivity contribution in [3.63, 3.8) is 0 Å². The van der Waals surface area contributed by atoms with E-state index in [2.05, 4.69) is 5.32 Å². The van der Waals surface area contributed by atoms with Crippen molar-refractivity contribution in [2.24, 2.45) is 0 Å². The predicted molar refractivity (Wildman–Crippen MR) is 113 cm³/mol. The van der Waals surface area contributed by atoms with E-state index in [1.54, 1.807) is 37.3 Å². The number of halogens is 1. The molecule has 3 aromatic rings. The fraction of sp³-hybridized carbons (Fsp3) is 0.240. The molecule has 1 saturated heterocycles. The fourth-order valence-electron chi connectivity index (χ4n) is 3.74. The smallest absolute Gasteiger partial charge is 0.347 e. The van der Waals surface area contributed by atoms with Crippen LogP contribution in [0, 0.1) is 12.7 Å². The molecule has 1 N–H and O–H groups in total. The summed E-state index contributed by atoms with van der Waals surface area (Å²) in [5.74, 6) is -0.284. The van der Waals surface area contributed by atoms with Crippen LogP contribution in [0.1, 0.15) is 45.9 Å². The van der Waals surface area contributed by atoms with Crippen molar-refractivity contribution in [3.8, 4) is 11.5 Å². The highest BCUT2D eigenvalue weighted by Crippen LogP contribution is 2.35. The van der Waals surface area contributed by atoms with Gasteiger partial charge in [0, 0.05) is 17.2 Å². The van der Waals surface area contributed by atoms with Crippen LogP contribution in [0.5, 0.6) is 11.5 Å². The first-order valence-electron chi connectivity index (χ1n) is 10.1. The van der Waals surface area contributed by atoms with Crippen molar-refractivity contribution < 1.29 is 18.7 Å². The molecule has 0 aromatic heterocycles. The van der Waals surface area contributed by atoms with E-state index in [1.807, 2.05) is 36.4 Å². The third kappa shape index (κ3) is 4.36. The van der Waals surface area contributed by atoms with Crippen LogP contribution in [-0.2, 0) is 6.61 Å². The summed E-state index contributed by atoms with van der Waals surface area (Å²) in [7, 11) is 0. The van der Waals surface area contributed by atoms with Gasteiger partial charge in [0.2, 0.25) is 0 Å². The van der Waals surface area contributed by atoms with E-state index in [4.69, 9.17) is 9.47 Å². The molecule has 4 rings (SSSR count). The first kappa shape index (κ1) is 20.1. The van der Waals surface area contributed by atoms with Gasteiger partial charge in [0.1, 0.15) is 29.5 Å². The monoisotopic (exact) mass is 405 g/mol. The molecule has 0 saturated carbocycles. The summed E-state index contributed by atoms with van der Waals surface area (Å²) in [5, 5.41) is 3.32. The summed E-state index contributed by atoms with van der Waals surface area (Å²) in [6.07, 6.45) is 1.84. The minimum absolute atomic E-state index is 0.0815. The summed E-state index contributed by atoms with van der Waals surface area (Å²) in [5.41, 5.74) is 1.85. The molecular formula is C25H24FNO3. The highest BCUT2D eigenvalue weighted by molar-refractivity contribution is 5.95. The second-order valence-electron chi connectivity index (χ2n) is 7.40. The summed E-state index contributed by atoms with van der Waals surface area (Å²) in [4.78, 5) is 13.0. The molecule has 1 heterocycles. The Hall–Kier alpha value is -3.18. The highest BCUT2D eigenvalue weighted by atomic mass is 19.1. The van der Waals surface area contributed by atoms with Gasteiger partial charge >= 0.3 is 5.97 Å². The van der Waals surface area contributed by atoms with Gasteiger partial charge in [0.05, 0.1) is 0 Å². The number of benzene rings is 3. The van der Waals surface area contributed by atoms with Gasteiger partial charge in [0.25, 0.3) is 0 Å². The molecular weight excluding hydrogens is 381 g/mol. The summed E-state index contributed by atoms with van der Waals surface area (Å²) in [6, 6.07) is 20.0. The number of rotatable bonds is 6. The standard InChI is InChI=1S/C25H24FNO3/c1-17-23(25(28)30-19-11-6-3-7-12-19)22(29-16-18-9-4-2-5-10-18)15-20(24(17)26)21-13-8-14-27-21/h2-7,9-12,15,21,27H,8,13-14,16H2,1H3. The summed E-state index contributed by atoms with van der Waals surface area (Å²) >= 11 is 0. The van der Waals surface area contributed by atoms with Crippen LogP contribution >= 0.6 is 0 Å². The van der Waals surface area contributed by atoms with Crippen molar-refractivity contribution in [3.05, 3.63) is 94.8 Å². The normalized spacial score (nSPS) is 15.7. The molecule has 0 amide bonds. The van der Waals surface area contributed by atoms with Gasteiger partial charge in [-0.15, -0.1) is 0 Å². The quantitative estimate of drug-likeness (QED) is 0.443. The molecule has 4 nitrogen and oxygen atoms in total. The second-order valence-corrected chi connectivity index (χ2v) is 7.40. The van der Waals surface area contributed by atoms with E-state index in [1.165, 1.54) is 0 Å². The molecule has 30 heavy (non-hydrogen) atoms. The largest absolute Gasteiger partial charge is 0.488 e. The molecule has 3 aromatic carbocycles. The van der Waals surface area contributed by atoms with Crippen LogP contribution in [0.25, 0.3) is 0 Å². The van der Waals surface area contributed by atoms with Crippen molar-refractivity contribution in [2.75, 3.05) is 6.54 Å². The zero-order valence-electron chi connectivity index (χ0n) is 16.9. The number of hydrogen-bond acceptors (Lipinski definition) is 4. The second kappa shape index (κ2) is 9.09. The van der Waals surface area contributed by atoms with Crippen molar-refractivity contribution >= 4 is 5.97 Å². The van der Waals surface area contributed by atoms with E-state index >= 15 is 4.39 Å². The topological polar surface area (TPSA) is 47.6 Å². The Morgan fingerprint density at radius 2 is 1.80 bits per heavy atom. The van der Waals surface area contributed by atoms with Gasteiger partial charge < -0.3 is 14.8 Å². The van der Waals surface area contributed by atoms with Crippen LogP contribution in [0.3, 0.4) is 0 Å². The Morgan fingerprint density at radius 3 is 2.47 bits per heavy atom. The summed E-state index contributed by atoms with van der Waals surface area (Å²) < 4.78 is 26.8. The Labute approximate surface area is 175 Å². The van der Waals surface area contributed by atoms with Crippen LogP contribution in [-0.4, -0.2) is 12.5 Å². The summed E-state index contributed by atoms with van der Waals surface area (Å²) in [6.45, 7) is 2.72. The predicted octanol–water partition coefficient (Wildman–Crippen LogP) is 5.36. The van der Waals surface area contributed by atoms with Gasteiger partial charge in [-0.2, -0.15) is 0 Å². The van der Waals surface area contributed by atoms with Crippen LogP contribution in [0.15, 0.2) is 66.7 Å². The van der Waals surface area contributed by atoms with E-state index in [9.17, 15) is 4.79 Å². The molecule has 154 valence electrons. The lowest BCUT2D eigenvalue weighted by molar-refractivity contribution is 0.0728. The molecule has 0 bridgehead atoms. The van der Waals surface area contributed by atoms with E-state index < -0.39 is 5.97 Å². The Morgan fingerprint density at radius 1 is 1.10 bits per heavy atom. The average molecular weight is 405 g/mol. The lowest BCUT2D eigenvalue weighted by Crippen LogP contribution is -2.19. The third-order valence-corrected chi connectivity index (χ3v) is 5.32. The van der Waals surface area contributed by atoms with Gasteiger partial charge in [0.15, 0.2) is 0 Å². The number of carbonyl (C=O) groups is 1. The molecule has 1 aliphatic rings. The Bertz CT molecular complexity index is 1020. The van der Waals surface area contributed by atoms with E-state index in [-0.39, 0.29) is 29.6 Å². The Kier molecular flexibility index (Phi) is 6.10. The number of ether oxygens (including phenoxy) is 2. The van der Waals surface area contributed by atoms with Gasteiger partial charge in [-0.25, -0.2) is 9.18 Å². The first-order valence-corrected chi connectivity index (χ1v) is 10.1. The lowest BCUT2D eigenvalue weighted by atomic mass is 9.97. The maximum Gasteiger partial charge on any atom is 0.347 e. The van der Waals surface area contributed by atoms with E-state index in [0.717, 1.165) is 24.9 Å². The number of nitrogens with one attached hydrogen (secondary N) is 1. The van der Waals surface area contributed by atoms with Gasteiger partial charge in [-0.05, 0) is 50.1 Å². The Balaban J connectivity index is 1.70. The molecule has 0 spiro atoms. The molecule has 0 aliphatic carbocycles. The minimum atomic E-state index is -0.633. The molecule has 1 fully saturated rings. The highest BCUT2D eigenvalue weighted by Gasteiger charge is 2.28. The lowest BCUT2D eigenvalue weighted by Gasteiger charge is -2.19. The number of hydrogen-bond donors (Lipinski definition) is 1. The van der Waals surface area contributed by atoms with Crippen molar-refractivity contribution in [1.29, 1.82) is 0 Å². The van der Waals surface area contributed by atoms with Gasteiger partial charge in [-0.3, -0.25) is 0 Å². The number of esters is 1. The van der Waals surface area contributed by atoms with Crippen molar-refractivity contribution in [2.45, 2.75) is 32.4 Å². The SMILES string of the molecule is Cc1c(F)c(C2CCCN2)cc(OCc2ccccc2)c1C(=O)Oc1ccccc1. The molecule has 0 radical (unpaired) electrons. The fourth-order valence-corrected chi connectivity index (χ4v) is 3.74. The molecule has 1 atom stereocenters. The number of carbonyl (C=O) groups excluding carboxylic acids is 1. The molecule has 1 unspecified atom stereocenters. The van der Waals surface area contributed by atoms with Gasteiger partial charge in [-0.1, -0.05) is 48.5 Å². The maximum absolute atomic E-state index is 15.3. The third-order valence-electron chi connectivity index (χ3n) is 5.32. The minimum Gasteiger partial charge on any atom is -0.488 e. The average Bonchev–Trinajstić information content (AvgIpc) is 3.30.